The second-order valence-electron chi connectivity index (χ2n) is 3.35. The second-order valence-corrected chi connectivity index (χ2v) is 5.63. The fraction of sp³-hybridized carbons (Fsp3) is 0.455. The molecular weight excluding hydrogens is 265 g/mol. The molecule has 0 aliphatic rings. The Kier molecular flexibility index (Phi) is 6.21. The quantitative estimate of drug-likeness (QED) is 0.595. The van der Waals surface area contributed by atoms with E-state index in [0.29, 0.717) is 6.61 Å². The number of hydrogen-bond donors (Lipinski definition) is 1. The molecule has 1 aromatic rings. The Bertz CT molecular complexity index is 341. The zero-order valence-electron chi connectivity index (χ0n) is 9.13. The van der Waals surface area contributed by atoms with Gasteiger partial charge in [-0.2, -0.15) is 0 Å². The van der Waals surface area contributed by atoms with Gasteiger partial charge in [0.05, 0.1) is 21.5 Å². The van der Waals surface area contributed by atoms with Gasteiger partial charge in [0.2, 0.25) is 0 Å². The molecule has 1 heterocycles. The van der Waals surface area contributed by atoms with Crippen molar-refractivity contribution < 1.29 is 4.74 Å². The predicted molar refractivity (Wildman–Crippen MR) is 71.5 cm³/mol. The van der Waals surface area contributed by atoms with E-state index in [1.165, 1.54) is 17.6 Å². The first-order chi connectivity index (χ1) is 7.65. The lowest BCUT2D eigenvalue weighted by molar-refractivity contribution is 0.243. The Morgan fingerprint density at radius 3 is 2.94 bits per heavy atom. The van der Waals surface area contributed by atoms with Gasteiger partial charge in [-0.15, -0.1) is 11.3 Å². The number of nitrogens with one attached hydrogen (secondary N) is 1. The molecule has 5 heteroatoms. The van der Waals surface area contributed by atoms with Crippen LogP contribution in [0.2, 0.25) is 8.67 Å². The third kappa shape index (κ3) is 4.34. The van der Waals surface area contributed by atoms with Crippen molar-refractivity contribution in [2.24, 2.45) is 0 Å². The number of halogens is 2. The number of hydrogen-bond acceptors (Lipinski definition) is 3. The molecule has 1 atom stereocenters. The molecule has 0 bridgehead atoms. The summed E-state index contributed by atoms with van der Waals surface area (Å²) in [4.78, 5) is 0. The molecule has 0 fully saturated rings. The Hall–Kier alpha value is -0.220. The molecular formula is C11H15Cl2NOS. The zero-order chi connectivity index (χ0) is 12.0. The normalized spacial score (nSPS) is 12.4. The largest absolute Gasteiger partial charge is 0.502 e. The van der Waals surface area contributed by atoms with Crippen LogP contribution in [-0.2, 0) is 4.74 Å². The lowest BCUT2D eigenvalue weighted by atomic mass is 10.2. The lowest BCUT2D eigenvalue weighted by Crippen LogP contribution is -2.20. The van der Waals surface area contributed by atoms with Crippen molar-refractivity contribution in [1.82, 2.24) is 5.32 Å². The van der Waals surface area contributed by atoms with Crippen LogP contribution in [0.4, 0.5) is 0 Å². The SMILES string of the molecule is C=COCCCNC(C)c1cc(Cl)sc1Cl. The van der Waals surface area contributed by atoms with Crippen LogP contribution in [0.25, 0.3) is 0 Å². The molecule has 2 nitrogen and oxygen atoms in total. The van der Waals surface area contributed by atoms with Gasteiger partial charge < -0.3 is 10.1 Å². The minimum Gasteiger partial charge on any atom is -0.502 e. The summed E-state index contributed by atoms with van der Waals surface area (Å²) in [5.74, 6) is 0. The summed E-state index contributed by atoms with van der Waals surface area (Å²) in [7, 11) is 0. The van der Waals surface area contributed by atoms with E-state index in [0.717, 1.165) is 27.2 Å². The molecule has 0 aliphatic carbocycles. The third-order valence-electron chi connectivity index (χ3n) is 2.16. The van der Waals surface area contributed by atoms with Crippen LogP contribution in [-0.4, -0.2) is 13.2 Å². The average Bonchev–Trinajstić information content (AvgIpc) is 2.57. The molecule has 0 aliphatic heterocycles. The molecule has 1 aromatic heterocycles. The van der Waals surface area contributed by atoms with Crippen LogP contribution in [0, 0.1) is 0 Å². The molecule has 1 N–H and O–H groups in total. The minimum atomic E-state index is 0.208. The Morgan fingerprint density at radius 1 is 1.62 bits per heavy atom. The van der Waals surface area contributed by atoms with Gasteiger partial charge in [-0.3, -0.25) is 0 Å². The zero-order valence-corrected chi connectivity index (χ0v) is 11.5. The summed E-state index contributed by atoms with van der Waals surface area (Å²) in [6, 6.07) is 2.12. The van der Waals surface area contributed by atoms with Crippen LogP contribution in [0.1, 0.15) is 24.9 Å². The highest BCUT2D eigenvalue weighted by molar-refractivity contribution is 7.20. The summed E-state index contributed by atoms with van der Waals surface area (Å²) in [5.41, 5.74) is 1.06. The monoisotopic (exact) mass is 279 g/mol. The van der Waals surface area contributed by atoms with Crippen molar-refractivity contribution in [2.75, 3.05) is 13.2 Å². The van der Waals surface area contributed by atoms with E-state index in [1.807, 2.05) is 6.07 Å². The van der Waals surface area contributed by atoms with E-state index < -0.39 is 0 Å². The first-order valence-corrected chi connectivity index (χ1v) is 6.63. The topological polar surface area (TPSA) is 21.3 Å². The Labute approximate surface area is 110 Å². The molecule has 0 radical (unpaired) electrons. The van der Waals surface area contributed by atoms with Crippen molar-refractivity contribution >= 4 is 34.5 Å². The van der Waals surface area contributed by atoms with E-state index in [1.54, 1.807) is 0 Å². The van der Waals surface area contributed by atoms with Crippen LogP contribution < -0.4 is 5.32 Å². The number of rotatable bonds is 7. The number of ether oxygens (including phenoxy) is 1. The second kappa shape index (κ2) is 7.17. The summed E-state index contributed by atoms with van der Waals surface area (Å²) in [6.07, 6.45) is 2.39. The molecule has 1 rings (SSSR count). The fourth-order valence-corrected chi connectivity index (χ4v) is 2.96. The van der Waals surface area contributed by atoms with Crippen LogP contribution in [0.3, 0.4) is 0 Å². The third-order valence-corrected chi connectivity index (χ3v) is 3.67. The van der Waals surface area contributed by atoms with Crippen molar-refractivity contribution in [2.45, 2.75) is 19.4 Å². The maximum atomic E-state index is 6.06. The molecule has 0 amide bonds. The summed E-state index contributed by atoms with van der Waals surface area (Å²) in [6.45, 7) is 7.11. The summed E-state index contributed by atoms with van der Waals surface area (Å²) < 4.78 is 6.51. The van der Waals surface area contributed by atoms with Gasteiger partial charge in [0.1, 0.15) is 0 Å². The molecule has 0 saturated heterocycles. The smallest absolute Gasteiger partial charge is 0.0991 e. The first-order valence-electron chi connectivity index (χ1n) is 5.05. The van der Waals surface area contributed by atoms with Gasteiger partial charge in [-0.1, -0.05) is 29.8 Å². The van der Waals surface area contributed by atoms with E-state index in [9.17, 15) is 0 Å². The number of thiophene rings is 1. The van der Waals surface area contributed by atoms with E-state index in [4.69, 9.17) is 27.9 Å². The van der Waals surface area contributed by atoms with Crippen LogP contribution in [0.15, 0.2) is 18.9 Å². The standard InChI is InChI=1S/C11H15Cl2NOS/c1-3-15-6-4-5-14-8(2)9-7-10(12)16-11(9)13/h3,7-8,14H,1,4-6H2,2H3. The molecule has 0 spiro atoms. The molecule has 16 heavy (non-hydrogen) atoms. The molecule has 90 valence electrons. The van der Waals surface area contributed by atoms with E-state index in [-0.39, 0.29) is 6.04 Å². The van der Waals surface area contributed by atoms with Gasteiger partial charge >= 0.3 is 0 Å². The van der Waals surface area contributed by atoms with E-state index >= 15 is 0 Å². The van der Waals surface area contributed by atoms with Gasteiger partial charge in [0.15, 0.2) is 0 Å². The minimum absolute atomic E-state index is 0.208. The average molecular weight is 280 g/mol. The van der Waals surface area contributed by atoms with Crippen molar-refractivity contribution in [3.05, 3.63) is 33.1 Å². The van der Waals surface area contributed by atoms with Crippen LogP contribution in [0.5, 0.6) is 0 Å². The van der Waals surface area contributed by atoms with Gasteiger partial charge in [-0.05, 0) is 31.5 Å². The highest BCUT2D eigenvalue weighted by Gasteiger charge is 2.12. The van der Waals surface area contributed by atoms with Gasteiger partial charge in [0.25, 0.3) is 0 Å². The summed E-state index contributed by atoms with van der Waals surface area (Å²) >= 11 is 13.3. The molecule has 0 saturated carbocycles. The van der Waals surface area contributed by atoms with E-state index in [2.05, 4.69) is 18.8 Å². The van der Waals surface area contributed by atoms with Crippen molar-refractivity contribution in [1.29, 1.82) is 0 Å². The van der Waals surface area contributed by atoms with Gasteiger partial charge in [0, 0.05) is 6.04 Å². The highest BCUT2D eigenvalue weighted by atomic mass is 35.5. The Morgan fingerprint density at radius 2 is 2.38 bits per heavy atom. The highest BCUT2D eigenvalue weighted by Crippen LogP contribution is 2.34. The summed E-state index contributed by atoms with van der Waals surface area (Å²) in [5, 5.41) is 3.36. The van der Waals surface area contributed by atoms with Crippen molar-refractivity contribution in [3.8, 4) is 0 Å². The van der Waals surface area contributed by atoms with Crippen molar-refractivity contribution in [3.63, 3.8) is 0 Å². The lowest BCUT2D eigenvalue weighted by Gasteiger charge is -2.12. The van der Waals surface area contributed by atoms with Gasteiger partial charge in [-0.25, -0.2) is 0 Å². The first kappa shape index (κ1) is 13.8. The predicted octanol–water partition coefficient (Wildman–Crippen LogP) is 4.26. The van der Waals surface area contributed by atoms with Crippen LogP contribution >= 0.6 is 34.5 Å². The molecule has 0 aromatic carbocycles. The Balaban J connectivity index is 2.32. The maximum absolute atomic E-state index is 6.06. The molecule has 1 unspecified atom stereocenters. The maximum Gasteiger partial charge on any atom is 0.0991 e. The fourth-order valence-electron chi connectivity index (χ4n) is 1.32.